The Morgan fingerprint density at radius 2 is 0.468 bits per heavy atom. The molecule has 77 heavy (non-hydrogen) atoms. The Morgan fingerprint density at radius 3 is 0.753 bits per heavy atom. The Labute approximate surface area is 480 Å². The highest BCUT2D eigenvalue weighted by Crippen LogP contribution is 2.18. The van der Waals surface area contributed by atoms with Crippen LogP contribution in [0.15, 0.2) is 36.5 Å². The molecule has 0 aliphatic carbocycles. The van der Waals surface area contributed by atoms with E-state index in [0.29, 0.717) is 19.3 Å². The van der Waals surface area contributed by atoms with Crippen LogP contribution in [-0.2, 0) is 28.6 Å². The Balaban J connectivity index is 4.32. The van der Waals surface area contributed by atoms with Crippen molar-refractivity contribution in [2.24, 2.45) is 0 Å². The largest absolute Gasteiger partial charge is 0.462 e. The highest BCUT2D eigenvalue weighted by Gasteiger charge is 2.19. The zero-order valence-electron chi connectivity index (χ0n) is 52.0. The molecule has 0 aliphatic rings. The molecule has 1 atom stereocenters. The van der Waals surface area contributed by atoms with Gasteiger partial charge < -0.3 is 14.2 Å². The molecule has 0 heterocycles. The van der Waals surface area contributed by atoms with Gasteiger partial charge in [-0.2, -0.15) is 0 Å². The molecule has 0 unspecified atom stereocenters. The van der Waals surface area contributed by atoms with Crippen LogP contribution in [0.3, 0.4) is 0 Å². The summed E-state index contributed by atoms with van der Waals surface area (Å²) in [5.41, 5.74) is 0. The zero-order chi connectivity index (χ0) is 55.7. The van der Waals surface area contributed by atoms with Crippen molar-refractivity contribution in [2.45, 2.75) is 386 Å². The predicted molar refractivity (Wildman–Crippen MR) is 335 cm³/mol. The number of rotatable bonds is 64. The monoisotopic (exact) mass is 1080 g/mol. The van der Waals surface area contributed by atoms with E-state index in [4.69, 9.17) is 14.2 Å². The lowest BCUT2D eigenvalue weighted by Crippen LogP contribution is -2.30. The maximum absolute atomic E-state index is 12.9. The van der Waals surface area contributed by atoms with Gasteiger partial charge in [0.25, 0.3) is 0 Å². The lowest BCUT2D eigenvalue weighted by Gasteiger charge is -2.18. The number of hydrogen-bond donors (Lipinski definition) is 0. The van der Waals surface area contributed by atoms with Gasteiger partial charge in [-0.25, -0.2) is 0 Å². The average Bonchev–Trinajstić information content (AvgIpc) is 3.43. The summed E-state index contributed by atoms with van der Waals surface area (Å²) in [7, 11) is 0. The van der Waals surface area contributed by atoms with Gasteiger partial charge >= 0.3 is 17.9 Å². The van der Waals surface area contributed by atoms with Crippen LogP contribution in [0.25, 0.3) is 0 Å². The number of esters is 3. The van der Waals surface area contributed by atoms with Gasteiger partial charge in [-0.05, 0) is 77.0 Å². The van der Waals surface area contributed by atoms with Crippen LogP contribution in [0.1, 0.15) is 380 Å². The normalized spacial score (nSPS) is 12.2. The lowest BCUT2D eigenvalue weighted by atomic mass is 10.0. The van der Waals surface area contributed by atoms with Crippen molar-refractivity contribution in [3.05, 3.63) is 36.5 Å². The minimum atomic E-state index is -0.774. The fraction of sp³-hybridized carbons (Fsp3) is 0.873. The maximum atomic E-state index is 12.9. The Kier molecular flexibility index (Phi) is 64.1. The first-order valence-corrected chi connectivity index (χ1v) is 34.5. The van der Waals surface area contributed by atoms with E-state index in [0.717, 1.165) is 64.2 Å². The van der Waals surface area contributed by atoms with Gasteiger partial charge in [0.15, 0.2) is 6.10 Å². The average molecular weight is 1080 g/mol. The van der Waals surface area contributed by atoms with Crippen molar-refractivity contribution in [3.8, 4) is 0 Å². The third kappa shape index (κ3) is 64.3. The number of carbonyl (C=O) groups excluding carboxylic acids is 3. The first kappa shape index (κ1) is 74.6. The molecule has 0 rings (SSSR count). The number of ether oxygens (including phenoxy) is 3. The van der Waals surface area contributed by atoms with Gasteiger partial charge in [-0.1, -0.05) is 320 Å². The van der Waals surface area contributed by atoms with E-state index in [1.165, 1.54) is 276 Å². The molecule has 0 bridgehead atoms. The first-order valence-electron chi connectivity index (χ1n) is 34.5. The molecule has 0 spiro atoms. The number of hydrogen-bond acceptors (Lipinski definition) is 6. The first-order chi connectivity index (χ1) is 38.0. The van der Waals surface area contributed by atoms with E-state index in [9.17, 15) is 14.4 Å². The highest BCUT2D eigenvalue weighted by atomic mass is 16.6. The molecular formula is C71H132O6. The molecule has 0 aromatic heterocycles. The third-order valence-corrected chi connectivity index (χ3v) is 15.6. The minimum Gasteiger partial charge on any atom is -0.462 e. The second-order valence-electron chi connectivity index (χ2n) is 23.4. The zero-order valence-corrected chi connectivity index (χ0v) is 52.0. The quantitative estimate of drug-likeness (QED) is 0.0261. The number of carbonyl (C=O) groups is 3. The van der Waals surface area contributed by atoms with Crippen molar-refractivity contribution in [1.82, 2.24) is 0 Å². The van der Waals surface area contributed by atoms with Crippen LogP contribution in [0.5, 0.6) is 0 Å². The molecule has 0 saturated carbocycles. The van der Waals surface area contributed by atoms with Gasteiger partial charge in [-0.15, -0.1) is 0 Å². The lowest BCUT2D eigenvalue weighted by molar-refractivity contribution is -0.167. The molecule has 6 nitrogen and oxygen atoms in total. The van der Waals surface area contributed by atoms with E-state index in [-0.39, 0.29) is 31.1 Å². The summed E-state index contributed by atoms with van der Waals surface area (Å²) >= 11 is 0. The molecule has 0 aromatic carbocycles. The van der Waals surface area contributed by atoms with Crippen molar-refractivity contribution < 1.29 is 28.6 Å². The third-order valence-electron chi connectivity index (χ3n) is 15.6. The van der Waals surface area contributed by atoms with Crippen molar-refractivity contribution in [3.63, 3.8) is 0 Å². The van der Waals surface area contributed by atoms with Gasteiger partial charge in [0.1, 0.15) is 13.2 Å². The summed E-state index contributed by atoms with van der Waals surface area (Å²) < 4.78 is 17.0. The second kappa shape index (κ2) is 66.1. The molecule has 6 heteroatoms. The molecule has 0 saturated heterocycles. The SMILES string of the molecule is CCCCC/C=C\C/C=C\CCCCCCCCCCCC(=O)OC[C@H](COC(=O)CCCCCCCCCCCCCCCCCCCCCCC)OC(=O)CCCCCCCCCCC/C=C\CCCCCCCC. The molecular weight excluding hydrogens is 949 g/mol. The summed E-state index contributed by atoms with van der Waals surface area (Å²) in [5, 5.41) is 0. The van der Waals surface area contributed by atoms with Crippen LogP contribution in [0.4, 0.5) is 0 Å². The highest BCUT2D eigenvalue weighted by molar-refractivity contribution is 5.71. The second-order valence-corrected chi connectivity index (χ2v) is 23.4. The van der Waals surface area contributed by atoms with Crippen LogP contribution in [0, 0.1) is 0 Å². The van der Waals surface area contributed by atoms with Crippen LogP contribution in [-0.4, -0.2) is 37.2 Å². The van der Waals surface area contributed by atoms with E-state index in [1.807, 2.05) is 0 Å². The standard InChI is InChI=1S/C71H132O6/c1-4-7-10-13-16-19-22-25-28-31-34-35-38-40-43-46-49-52-55-58-61-64-70(73)76-67-68(77-71(74)65-62-59-56-53-50-47-44-41-37-33-30-27-24-21-18-15-12-9-6-3)66-75-69(72)63-60-57-54-51-48-45-42-39-36-32-29-26-23-20-17-14-11-8-5-2/h17,20,26-27,29-30,68H,4-16,18-19,21-25,28,31-67H2,1-3H3/b20-17-,29-26-,30-27-/t68-/m1/s1. The number of unbranched alkanes of at least 4 members (excludes halogenated alkanes) is 47. The minimum absolute atomic E-state index is 0.0693. The summed E-state index contributed by atoms with van der Waals surface area (Å²) in [4.78, 5) is 38.4. The van der Waals surface area contributed by atoms with Crippen molar-refractivity contribution >= 4 is 17.9 Å². The summed E-state index contributed by atoms with van der Waals surface area (Å²) in [6, 6.07) is 0. The molecule has 0 aliphatic heterocycles. The van der Waals surface area contributed by atoms with Gasteiger partial charge in [0.05, 0.1) is 0 Å². The van der Waals surface area contributed by atoms with E-state index in [2.05, 4.69) is 57.2 Å². The van der Waals surface area contributed by atoms with Gasteiger partial charge in [0.2, 0.25) is 0 Å². The fourth-order valence-electron chi connectivity index (χ4n) is 10.4. The van der Waals surface area contributed by atoms with Crippen LogP contribution in [0.2, 0.25) is 0 Å². The summed E-state index contributed by atoms with van der Waals surface area (Å²) in [5.74, 6) is -0.847. The summed E-state index contributed by atoms with van der Waals surface area (Å²) in [6.07, 6.45) is 81.6. The van der Waals surface area contributed by atoms with Crippen molar-refractivity contribution in [2.75, 3.05) is 13.2 Å². The Bertz CT molecular complexity index is 1290. The Morgan fingerprint density at radius 1 is 0.260 bits per heavy atom. The molecule has 452 valence electrons. The van der Waals surface area contributed by atoms with Crippen molar-refractivity contribution in [1.29, 1.82) is 0 Å². The van der Waals surface area contributed by atoms with Gasteiger partial charge in [-0.3, -0.25) is 14.4 Å². The summed E-state index contributed by atoms with van der Waals surface area (Å²) in [6.45, 7) is 6.68. The fourth-order valence-corrected chi connectivity index (χ4v) is 10.4. The predicted octanol–water partition coefficient (Wildman–Crippen LogP) is 23.6. The van der Waals surface area contributed by atoms with Crippen LogP contribution < -0.4 is 0 Å². The van der Waals surface area contributed by atoms with E-state index < -0.39 is 6.10 Å². The Hall–Kier alpha value is -2.37. The van der Waals surface area contributed by atoms with E-state index in [1.54, 1.807) is 0 Å². The topological polar surface area (TPSA) is 78.9 Å². The van der Waals surface area contributed by atoms with Gasteiger partial charge in [0, 0.05) is 19.3 Å². The van der Waals surface area contributed by atoms with Crippen LogP contribution >= 0.6 is 0 Å². The van der Waals surface area contributed by atoms with E-state index >= 15 is 0 Å². The maximum Gasteiger partial charge on any atom is 0.306 e. The smallest absolute Gasteiger partial charge is 0.306 e. The molecule has 0 N–H and O–H groups in total. The molecule has 0 radical (unpaired) electrons. The molecule has 0 fully saturated rings. The molecule has 0 aromatic rings. The molecule has 0 amide bonds. The number of allylic oxidation sites excluding steroid dienone is 6.